The minimum Gasteiger partial charge on any atom is -0.352 e. The lowest BCUT2D eigenvalue weighted by molar-refractivity contribution is -0.142. The molecule has 0 radical (unpaired) electrons. The van der Waals surface area contributed by atoms with Gasteiger partial charge < -0.3 is 10.2 Å². The van der Waals surface area contributed by atoms with Crippen molar-refractivity contribution in [2.24, 2.45) is 12.0 Å². The Bertz CT molecular complexity index is 779. The Kier molecular flexibility index (Phi) is 4.69. The van der Waals surface area contributed by atoms with Crippen molar-refractivity contribution in [3.63, 3.8) is 0 Å². The van der Waals surface area contributed by atoms with Crippen LogP contribution in [0.25, 0.3) is 0 Å². The van der Waals surface area contributed by atoms with E-state index in [4.69, 9.17) is 0 Å². The average Bonchev–Trinajstić information content (AvgIpc) is 2.96. The zero-order valence-corrected chi connectivity index (χ0v) is 14.1. The maximum Gasteiger partial charge on any atom is 0.435 e. The summed E-state index contributed by atoms with van der Waals surface area (Å²) < 4.78 is 40.3. The highest BCUT2D eigenvalue weighted by Crippen LogP contribution is 2.30. The fourth-order valence-electron chi connectivity index (χ4n) is 3.09. The summed E-state index contributed by atoms with van der Waals surface area (Å²) in [4.78, 5) is 6.27. The molecule has 1 N–H and O–H groups in total. The van der Waals surface area contributed by atoms with Crippen LogP contribution >= 0.6 is 0 Å². The van der Waals surface area contributed by atoms with Gasteiger partial charge >= 0.3 is 6.18 Å². The van der Waals surface area contributed by atoms with Crippen LogP contribution in [0.5, 0.6) is 0 Å². The summed E-state index contributed by atoms with van der Waals surface area (Å²) >= 11 is 0. The van der Waals surface area contributed by atoms with Crippen molar-refractivity contribution in [1.82, 2.24) is 20.0 Å². The number of alkyl halides is 3. The molecule has 0 spiro atoms. The Morgan fingerprint density at radius 2 is 2.00 bits per heavy atom. The van der Waals surface area contributed by atoms with Gasteiger partial charge in [0.1, 0.15) is 0 Å². The van der Waals surface area contributed by atoms with Crippen molar-refractivity contribution in [3.05, 3.63) is 52.8 Å². The van der Waals surface area contributed by atoms with Crippen molar-refractivity contribution >= 4 is 5.96 Å². The van der Waals surface area contributed by atoms with Crippen molar-refractivity contribution in [2.75, 3.05) is 13.6 Å². The fraction of sp³-hybridized carbons (Fsp3) is 0.412. The van der Waals surface area contributed by atoms with Gasteiger partial charge in [-0.3, -0.25) is 9.67 Å². The number of halogens is 3. The van der Waals surface area contributed by atoms with Gasteiger partial charge in [0.15, 0.2) is 11.7 Å². The second kappa shape index (κ2) is 6.78. The first-order chi connectivity index (χ1) is 11.9. The number of aromatic nitrogens is 2. The minimum atomic E-state index is -4.47. The van der Waals surface area contributed by atoms with Crippen LogP contribution in [-0.4, -0.2) is 34.2 Å². The normalized spacial score (nSPS) is 15.2. The predicted molar refractivity (Wildman–Crippen MR) is 89.0 cm³/mol. The number of nitrogens with zero attached hydrogens (tertiary/aromatic N) is 4. The van der Waals surface area contributed by atoms with Crippen molar-refractivity contribution in [2.45, 2.75) is 25.7 Å². The van der Waals surface area contributed by atoms with E-state index in [1.165, 1.54) is 29.1 Å². The first-order valence-electron chi connectivity index (χ1n) is 8.00. The van der Waals surface area contributed by atoms with Gasteiger partial charge in [-0.2, -0.15) is 18.3 Å². The lowest BCUT2D eigenvalue weighted by Crippen LogP contribution is -2.43. The highest BCUT2D eigenvalue weighted by atomic mass is 19.4. The van der Waals surface area contributed by atoms with Crippen LogP contribution in [-0.2, 0) is 32.7 Å². The van der Waals surface area contributed by atoms with E-state index in [2.05, 4.69) is 27.5 Å². The second-order valence-electron chi connectivity index (χ2n) is 6.02. The van der Waals surface area contributed by atoms with Gasteiger partial charge in [0.25, 0.3) is 0 Å². The molecule has 0 amide bonds. The number of guanidine groups is 1. The van der Waals surface area contributed by atoms with Gasteiger partial charge in [-0.1, -0.05) is 24.3 Å². The van der Waals surface area contributed by atoms with Crippen LogP contribution in [0.15, 0.2) is 35.5 Å². The Hall–Kier alpha value is -2.51. The fourth-order valence-corrected chi connectivity index (χ4v) is 3.09. The molecule has 0 unspecified atom stereocenters. The van der Waals surface area contributed by atoms with Crippen LogP contribution < -0.4 is 5.32 Å². The zero-order valence-electron chi connectivity index (χ0n) is 14.1. The smallest absolute Gasteiger partial charge is 0.352 e. The first-order valence-corrected chi connectivity index (χ1v) is 8.00. The van der Waals surface area contributed by atoms with Gasteiger partial charge in [-0.25, -0.2) is 0 Å². The Labute approximate surface area is 144 Å². The van der Waals surface area contributed by atoms with E-state index in [0.29, 0.717) is 12.5 Å². The molecule has 0 saturated carbocycles. The van der Waals surface area contributed by atoms with E-state index in [1.54, 1.807) is 7.05 Å². The summed E-state index contributed by atoms with van der Waals surface area (Å²) in [5.41, 5.74) is 1.77. The van der Waals surface area contributed by atoms with E-state index in [0.717, 1.165) is 13.0 Å². The lowest BCUT2D eigenvalue weighted by Gasteiger charge is -2.31. The van der Waals surface area contributed by atoms with E-state index >= 15 is 0 Å². The van der Waals surface area contributed by atoms with E-state index in [9.17, 15) is 13.2 Å². The van der Waals surface area contributed by atoms with Gasteiger partial charge in [-0.15, -0.1) is 0 Å². The quantitative estimate of drug-likeness (QED) is 0.668. The summed E-state index contributed by atoms with van der Waals surface area (Å²) in [6.45, 7) is 1.48. The van der Waals surface area contributed by atoms with Crippen LogP contribution in [0.2, 0.25) is 0 Å². The molecule has 0 aliphatic carbocycles. The molecule has 1 aliphatic rings. The summed E-state index contributed by atoms with van der Waals surface area (Å²) in [6.07, 6.45) is -2.20. The molecule has 8 heteroatoms. The summed E-state index contributed by atoms with van der Waals surface area (Å²) in [5.74, 6) is 0.589. The average molecular weight is 351 g/mol. The molecule has 0 saturated heterocycles. The minimum absolute atomic E-state index is 0.0213. The van der Waals surface area contributed by atoms with E-state index in [-0.39, 0.29) is 12.1 Å². The second-order valence-corrected chi connectivity index (χ2v) is 6.02. The highest BCUT2D eigenvalue weighted by Gasteiger charge is 2.36. The predicted octanol–water partition coefficient (Wildman–Crippen LogP) is 2.57. The number of rotatable bonds is 2. The van der Waals surface area contributed by atoms with Crippen LogP contribution in [0.1, 0.15) is 22.4 Å². The van der Waals surface area contributed by atoms with Crippen LogP contribution in [0.4, 0.5) is 13.2 Å². The maximum atomic E-state index is 13.0. The molecule has 0 atom stereocenters. The molecule has 0 fully saturated rings. The zero-order chi connectivity index (χ0) is 18.0. The van der Waals surface area contributed by atoms with E-state index < -0.39 is 11.9 Å². The standard InChI is InChI=1S/C17H20F3N5/c1-21-16(25-8-7-12-5-3-4-6-13(12)11-25)22-9-14-10-24(2)23-15(14)17(18,19)20/h3-6,10H,7-9,11H2,1-2H3,(H,21,22). The van der Waals surface area contributed by atoms with Crippen molar-refractivity contribution in [3.8, 4) is 0 Å². The topological polar surface area (TPSA) is 45.5 Å². The Morgan fingerprint density at radius 3 is 2.68 bits per heavy atom. The molecule has 1 aromatic heterocycles. The third kappa shape index (κ3) is 3.78. The van der Waals surface area contributed by atoms with Crippen molar-refractivity contribution < 1.29 is 13.2 Å². The third-order valence-electron chi connectivity index (χ3n) is 4.25. The first kappa shape index (κ1) is 17.3. The lowest BCUT2D eigenvalue weighted by atomic mass is 10.0. The molecular formula is C17H20F3N5. The monoisotopic (exact) mass is 351 g/mol. The molecule has 1 aliphatic heterocycles. The van der Waals surface area contributed by atoms with Gasteiger partial charge in [0, 0.05) is 45.5 Å². The molecule has 3 rings (SSSR count). The summed E-state index contributed by atoms with van der Waals surface area (Å²) in [6, 6.07) is 8.18. The molecule has 5 nitrogen and oxygen atoms in total. The van der Waals surface area contributed by atoms with Gasteiger partial charge in [-0.05, 0) is 17.5 Å². The maximum absolute atomic E-state index is 13.0. The SMILES string of the molecule is CN=C(NCc1cn(C)nc1C(F)(F)F)N1CCc2ccccc2C1. The van der Waals surface area contributed by atoms with Crippen molar-refractivity contribution in [1.29, 1.82) is 0 Å². The Morgan fingerprint density at radius 1 is 1.28 bits per heavy atom. The molecular weight excluding hydrogens is 331 g/mol. The molecule has 1 aromatic carbocycles. The molecule has 0 bridgehead atoms. The van der Waals surface area contributed by atoms with Crippen LogP contribution in [0.3, 0.4) is 0 Å². The molecule has 134 valence electrons. The number of hydrogen-bond acceptors (Lipinski definition) is 2. The van der Waals surface area contributed by atoms with Crippen LogP contribution in [0, 0.1) is 0 Å². The third-order valence-corrected chi connectivity index (χ3v) is 4.25. The largest absolute Gasteiger partial charge is 0.435 e. The Balaban J connectivity index is 1.71. The number of hydrogen-bond donors (Lipinski definition) is 1. The number of nitrogens with one attached hydrogen (secondary N) is 1. The molecule has 2 aromatic rings. The summed E-state index contributed by atoms with van der Waals surface area (Å²) in [5, 5.41) is 6.56. The molecule has 2 heterocycles. The summed E-state index contributed by atoms with van der Waals surface area (Å²) in [7, 11) is 3.12. The van der Waals surface area contributed by atoms with Gasteiger partial charge in [0.05, 0.1) is 0 Å². The van der Waals surface area contributed by atoms with Gasteiger partial charge in [0.2, 0.25) is 0 Å². The highest BCUT2D eigenvalue weighted by molar-refractivity contribution is 5.80. The number of aliphatic imine (C=N–C) groups is 1. The number of benzene rings is 1. The number of fused-ring (bicyclic) bond motifs is 1. The number of aryl methyl sites for hydroxylation is 1. The van der Waals surface area contributed by atoms with E-state index in [1.807, 2.05) is 17.0 Å². The molecule has 25 heavy (non-hydrogen) atoms.